The Labute approximate surface area is 111 Å². The summed E-state index contributed by atoms with van der Waals surface area (Å²) < 4.78 is 32.6. The minimum Gasteiger partial charge on any atom is -0.457 e. The van der Waals surface area contributed by atoms with Crippen LogP contribution in [0.3, 0.4) is 0 Å². The van der Waals surface area contributed by atoms with Crippen LogP contribution in [0.25, 0.3) is 0 Å². The monoisotopic (exact) mass is 263 g/mol. The van der Waals surface area contributed by atoms with E-state index in [-0.39, 0.29) is 11.6 Å². The van der Waals surface area contributed by atoms with E-state index in [2.05, 4.69) is 5.32 Å². The summed E-state index contributed by atoms with van der Waals surface area (Å²) in [5.74, 6) is 0.0547. The lowest BCUT2D eigenvalue weighted by Gasteiger charge is -2.13. The standard InChI is InChI=1S/C15H15F2NO/c1-10-6-7-11(16)8-15(10)19-14-5-3-4-13(17)12(14)9-18-2/h3-8,18H,9H2,1-2H3. The molecule has 4 heteroatoms. The maximum Gasteiger partial charge on any atom is 0.134 e. The van der Waals surface area contributed by atoms with Crippen LogP contribution in [0.4, 0.5) is 8.78 Å². The van der Waals surface area contributed by atoms with Gasteiger partial charge in [-0.2, -0.15) is 0 Å². The van der Waals surface area contributed by atoms with Gasteiger partial charge in [0.15, 0.2) is 0 Å². The third kappa shape index (κ3) is 3.09. The van der Waals surface area contributed by atoms with E-state index in [1.165, 1.54) is 18.2 Å². The number of hydrogen-bond acceptors (Lipinski definition) is 2. The lowest BCUT2D eigenvalue weighted by molar-refractivity contribution is 0.456. The Balaban J connectivity index is 2.37. The van der Waals surface area contributed by atoms with Crippen molar-refractivity contribution < 1.29 is 13.5 Å². The van der Waals surface area contributed by atoms with Crippen molar-refractivity contribution in [3.05, 3.63) is 59.2 Å². The maximum absolute atomic E-state index is 13.7. The quantitative estimate of drug-likeness (QED) is 0.906. The summed E-state index contributed by atoms with van der Waals surface area (Å²) in [4.78, 5) is 0. The number of halogens is 2. The molecule has 0 spiro atoms. The van der Waals surface area contributed by atoms with Gasteiger partial charge in [0, 0.05) is 18.2 Å². The molecular weight excluding hydrogens is 248 g/mol. The molecule has 0 bridgehead atoms. The number of aryl methyl sites for hydroxylation is 1. The van der Waals surface area contributed by atoms with Gasteiger partial charge in [-0.15, -0.1) is 0 Å². The Morgan fingerprint density at radius 1 is 1.11 bits per heavy atom. The van der Waals surface area contributed by atoms with Crippen LogP contribution in [0.15, 0.2) is 36.4 Å². The highest BCUT2D eigenvalue weighted by Gasteiger charge is 2.11. The molecule has 0 aliphatic rings. The molecular formula is C15H15F2NO. The van der Waals surface area contributed by atoms with E-state index in [1.54, 1.807) is 25.2 Å². The van der Waals surface area contributed by atoms with Crippen molar-refractivity contribution in [2.45, 2.75) is 13.5 Å². The number of hydrogen-bond donors (Lipinski definition) is 1. The topological polar surface area (TPSA) is 21.3 Å². The first kappa shape index (κ1) is 13.5. The predicted molar refractivity (Wildman–Crippen MR) is 70.4 cm³/mol. The SMILES string of the molecule is CNCc1c(F)cccc1Oc1cc(F)ccc1C. The highest BCUT2D eigenvalue weighted by atomic mass is 19.1. The third-order valence-electron chi connectivity index (χ3n) is 2.80. The Morgan fingerprint density at radius 3 is 2.63 bits per heavy atom. The predicted octanol–water partition coefficient (Wildman–Crippen LogP) is 3.78. The summed E-state index contributed by atoms with van der Waals surface area (Å²) in [5.41, 5.74) is 1.22. The van der Waals surface area contributed by atoms with Crippen LogP contribution in [0, 0.1) is 18.6 Å². The molecule has 0 saturated heterocycles. The van der Waals surface area contributed by atoms with Crippen LogP contribution in [0.2, 0.25) is 0 Å². The fourth-order valence-electron chi connectivity index (χ4n) is 1.79. The second kappa shape index (κ2) is 5.80. The third-order valence-corrected chi connectivity index (χ3v) is 2.80. The van der Waals surface area contributed by atoms with Crippen LogP contribution in [-0.4, -0.2) is 7.05 Å². The van der Waals surface area contributed by atoms with E-state index in [4.69, 9.17) is 4.74 Å². The summed E-state index contributed by atoms with van der Waals surface area (Å²) >= 11 is 0. The summed E-state index contributed by atoms with van der Waals surface area (Å²) in [6.07, 6.45) is 0. The first-order chi connectivity index (χ1) is 9.11. The average molecular weight is 263 g/mol. The molecule has 0 radical (unpaired) electrons. The Morgan fingerprint density at radius 2 is 1.89 bits per heavy atom. The first-order valence-electron chi connectivity index (χ1n) is 5.98. The molecule has 2 nitrogen and oxygen atoms in total. The van der Waals surface area contributed by atoms with Crippen molar-refractivity contribution in [1.82, 2.24) is 5.32 Å². The van der Waals surface area contributed by atoms with Gasteiger partial charge in [-0.25, -0.2) is 8.78 Å². The van der Waals surface area contributed by atoms with Crippen molar-refractivity contribution in [1.29, 1.82) is 0 Å². The van der Waals surface area contributed by atoms with Crippen molar-refractivity contribution in [3.63, 3.8) is 0 Å². The minimum atomic E-state index is -0.382. The molecule has 0 fully saturated rings. The zero-order valence-electron chi connectivity index (χ0n) is 10.8. The van der Waals surface area contributed by atoms with Gasteiger partial charge in [-0.3, -0.25) is 0 Å². The fraction of sp³-hybridized carbons (Fsp3) is 0.200. The Kier molecular flexibility index (Phi) is 4.12. The Hall–Kier alpha value is -1.94. The highest BCUT2D eigenvalue weighted by Crippen LogP contribution is 2.29. The van der Waals surface area contributed by atoms with Crippen LogP contribution in [0.5, 0.6) is 11.5 Å². The summed E-state index contributed by atoms with van der Waals surface area (Å²) in [6.45, 7) is 2.15. The normalized spacial score (nSPS) is 10.5. The molecule has 19 heavy (non-hydrogen) atoms. The van der Waals surface area contributed by atoms with Gasteiger partial charge >= 0.3 is 0 Å². The number of nitrogens with one attached hydrogen (secondary N) is 1. The summed E-state index contributed by atoms with van der Waals surface area (Å²) in [7, 11) is 1.73. The maximum atomic E-state index is 13.7. The Bertz CT molecular complexity index is 584. The van der Waals surface area contributed by atoms with Crippen LogP contribution < -0.4 is 10.1 Å². The molecule has 0 unspecified atom stereocenters. The highest BCUT2D eigenvalue weighted by molar-refractivity contribution is 5.41. The van der Waals surface area contributed by atoms with Crippen molar-refractivity contribution in [2.24, 2.45) is 0 Å². The molecule has 0 aromatic heterocycles. The number of ether oxygens (including phenoxy) is 1. The number of rotatable bonds is 4. The largest absolute Gasteiger partial charge is 0.457 e. The van der Waals surface area contributed by atoms with Crippen molar-refractivity contribution in [3.8, 4) is 11.5 Å². The zero-order valence-corrected chi connectivity index (χ0v) is 10.8. The fourth-order valence-corrected chi connectivity index (χ4v) is 1.79. The van der Waals surface area contributed by atoms with Crippen molar-refractivity contribution in [2.75, 3.05) is 7.05 Å². The molecule has 0 aliphatic heterocycles. The van der Waals surface area contributed by atoms with Gasteiger partial charge in [-0.05, 0) is 37.7 Å². The van der Waals surface area contributed by atoms with Gasteiger partial charge in [0.25, 0.3) is 0 Å². The molecule has 2 aromatic carbocycles. The summed E-state index contributed by atoms with van der Waals surface area (Å²) in [5, 5.41) is 2.88. The molecule has 0 aliphatic carbocycles. The van der Waals surface area contributed by atoms with E-state index >= 15 is 0 Å². The molecule has 0 heterocycles. The lowest BCUT2D eigenvalue weighted by atomic mass is 10.1. The molecule has 0 saturated carbocycles. The smallest absolute Gasteiger partial charge is 0.134 e. The van der Waals surface area contributed by atoms with Gasteiger partial charge in [0.2, 0.25) is 0 Å². The molecule has 0 amide bonds. The van der Waals surface area contributed by atoms with Gasteiger partial charge in [0.1, 0.15) is 23.1 Å². The molecule has 1 N–H and O–H groups in total. The minimum absolute atomic E-state index is 0.344. The van der Waals surface area contributed by atoms with E-state index < -0.39 is 0 Å². The van der Waals surface area contributed by atoms with E-state index in [0.29, 0.717) is 23.6 Å². The van der Waals surface area contributed by atoms with E-state index in [9.17, 15) is 8.78 Å². The second-order valence-electron chi connectivity index (χ2n) is 4.26. The summed E-state index contributed by atoms with van der Waals surface area (Å²) in [6, 6.07) is 8.89. The molecule has 100 valence electrons. The second-order valence-corrected chi connectivity index (χ2v) is 4.26. The molecule has 0 atom stereocenters. The van der Waals surface area contributed by atoms with Crippen LogP contribution in [0.1, 0.15) is 11.1 Å². The van der Waals surface area contributed by atoms with Gasteiger partial charge in [0.05, 0.1) is 0 Å². The zero-order chi connectivity index (χ0) is 13.8. The van der Waals surface area contributed by atoms with Crippen molar-refractivity contribution >= 4 is 0 Å². The van der Waals surface area contributed by atoms with Crippen LogP contribution >= 0.6 is 0 Å². The van der Waals surface area contributed by atoms with Gasteiger partial charge < -0.3 is 10.1 Å². The van der Waals surface area contributed by atoms with E-state index in [1.807, 2.05) is 6.92 Å². The molecule has 2 rings (SSSR count). The number of benzene rings is 2. The average Bonchev–Trinajstić information content (AvgIpc) is 2.38. The lowest BCUT2D eigenvalue weighted by Crippen LogP contribution is -2.08. The van der Waals surface area contributed by atoms with E-state index in [0.717, 1.165) is 5.56 Å². The van der Waals surface area contributed by atoms with Crippen LogP contribution in [-0.2, 0) is 6.54 Å². The first-order valence-corrected chi connectivity index (χ1v) is 5.98. The molecule has 2 aromatic rings. The van der Waals surface area contributed by atoms with Gasteiger partial charge in [-0.1, -0.05) is 12.1 Å².